The molecule has 2 aromatic carbocycles. The molecule has 1 atom stereocenters. The Morgan fingerprint density at radius 1 is 1.19 bits per heavy atom. The van der Waals surface area contributed by atoms with Crippen LogP contribution in [0.3, 0.4) is 0 Å². The number of halogens is 1. The van der Waals surface area contributed by atoms with Crippen molar-refractivity contribution >= 4 is 17.7 Å². The molecule has 0 amide bonds. The fourth-order valence-electron chi connectivity index (χ4n) is 2.05. The SMILES string of the molecule is CC(N)Cc1ccc(OCC=Cc2ccccc2)c(Cl)c1. The third-order valence-corrected chi connectivity index (χ3v) is 3.29. The quantitative estimate of drug-likeness (QED) is 0.862. The first-order chi connectivity index (χ1) is 10.1. The lowest BCUT2D eigenvalue weighted by molar-refractivity contribution is 0.363. The van der Waals surface area contributed by atoms with Gasteiger partial charge in [0.1, 0.15) is 12.4 Å². The van der Waals surface area contributed by atoms with Crippen LogP contribution in [0.4, 0.5) is 0 Å². The van der Waals surface area contributed by atoms with Crippen LogP contribution >= 0.6 is 11.6 Å². The Morgan fingerprint density at radius 2 is 1.95 bits per heavy atom. The topological polar surface area (TPSA) is 35.2 Å². The first-order valence-corrected chi connectivity index (χ1v) is 7.41. The molecule has 0 bridgehead atoms. The van der Waals surface area contributed by atoms with E-state index < -0.39 is 0 Å². The average molecular weight is 302 g/mol. The highest BCUT2D eigenvalue weighted by atomic mass is 35.5. The molecule has 110 valence electrons. The summed E-state index contributed by atoms with van der Waals surface area (Å²) in [6.07, 6.45) is 4.81. The van der Waals surface area contributed by atoms with E-state index in [0.29, 0.717) is 17.4 Å². The first-order valence-electron chi connectivity index (χ1n) is 7.03. The van der Waals surface area contributed by atoms with E-state index in [1.165, 1.54) is 0 Å². The molecule has 3 heteroatoms. The van der Waals surface area contributed by atoms with Crippen LogP contribution in [-0.2, 0) is 6.42 Å². The van der Waals surface area contributed by atoms with Gasteiger partial charge in [0.2, 0.25) is 0 Å². The van der Waals surface area contributed by atoms with Crippen LogP contribution in [0, 0.1) is 0 Å². The maximum atomic E-state index is 6.22. The maximum Gasteiger partial charge on any atom is 0.138 e. The summed E-state index contributed by atoms with van der Waals surface area (Å²) < 4.78 is 5.67. The van der Waals surface area contributed by atoms with Crippen LogP contribution in [0.2, 0.25) is 5.02 Å². The Morgan fingerprint density at radius 3 is 2.62 bits per heavy atom. The van der Waals surface area contributed by atoms with Gasteiger partial charge in [-0.15, -0.1) is 0 Å². The van der Waals surface area contributed by atoms with Crippen LogP contribution in [0.15, 0.2) is 54.6 Å². The van der Waals surface area contributed by atoms with Gasteiger partial charge in [-0.05, 0) is 42.7 Å². The number of benzene rings is 2. The Labute approximate surface area is 131 Å². The maximum absolute atomic E-state index is 6.22. The normalized spacial score (nSPS) is 12.5. The van der Waals surface area contributed by atoms with Crippen molar-refractivity contribution in [2.45, 2.75) is 19.4 Å². The van der Waals surface area contributed by atoms with Crippen molar-refractivity contribution in [1.82, 2.24) is 0 Å². The summed E-state index contributed by atoms with van der Waals surface area (Å²) in [4.78, 5) is 0. The molecule has 0 heterocycles. The smallest absolute Gasteiger partial charge is 0.138 e. The molecule has 2 nitrogen and oxygen atoms in total. The summed E-state index contributed by atoms with van der Waals surface area (Å²) in [7, 11) is 0. The molecule has 0 fully saturated rings. The minimum absolute atomic E-state index is 0.127. The van der Waals surface area contributed by atoms with E-state index in [4.69, 9.17) is 22.1 Å². The zero-order valence-corrected chi connectivity index (χ0v) is 12.9. The van der Waals surface area contributed by atoms with Gasteiger partial charge in [-0.1, -0.05) is 54.1 Å². The van der Waals surface area contributed by atoms with E-state index in [1.807, 2.05) is 67.6 Å². The van der Waals surface area contributed by atoms with Gasteiger partial charge in [0, 0.05) is 6.04 Å². The van der Waals surface area contributed by atoms with Gasteiger partial charge in [-0.2, -0.15) is 0 Å². The van der Waals surface area contributed by atoms with E-state index in [2.05, 4.69) is 0 Å². The van der Waals surface area contributed by atoms with Crippen molar-refractivity contribution in [3.63, 3.8) is 0 Å². The highest BCUT2D eigenvalue weighted by molar-refractivity contribution is 6.32. The van der Waals surface area contributed by atoms with E-state index >= 15 is 0 Å². The van der Waals surface area contributed by atoms with Gasteiger partial charge in [0.15, 0.2) is 0 Å². The molecule has 0 aliphatic rings. The molecular formula is C18H20ClNO. The van der Waals surface area contributed by atoms with Crippen molar-refractivity contribution in [1.29, 1.82) is 0 Å². The molecule has 2 rings (SSSR count). The predicted octanol–water partition coefficient (Wildman–Crippen LogP) is 4.32. The van der Waals surface area contributed by atoms with Crippen LogP contribution < -0.4 is 10.5 Å². The fourth-order valence-corrected chi connectivity index (χ4v) is 2.30. The molecule has 0 aromatic heterocycles. The summed E-state index contributed by atoms with van der Waals surface area (Å²) in [5.41, 5.74) is 8.06. The highest BCUT2D eigenvalue weighted by Gasteiger charge is 2.04. The van der Waals surface area contributed by atoms with Gasteiger partial charge >= 0.3 is 0 Å². The summed E-state index contributed by atoms with van der Waals surface area (Å²) in [6.45, 7) is 2.47. The summed E-state index contributed by atoms with van der Waals surface area (Å²) >= 11 is 6.22. The van der Waals surface area contributed by atoms with Crippen molar-refractivity contribution < 1.29 is 4.74 Å². The molecule has 0 saturated carbocycles. The van der Waals surface area contributed by atoms with Gasteiger partial charge in [0.25, 0.3) is 0 Å². The monoisotopic (exact) mass is 301 g/mol. The number of rotatable bonds is 6. The third kappa shape index (κ3) is 5.25. The molecule has 21 heavy (non-hydrogen) atoms. The van der Waals surface area contributed by atoms with E-state index in [-0.39, 0.29) is 6.04 Å². The molecule has 1 unspecified atom stereocenters. The van der Waals surface area contributed by atoms with Gasteiger partial charge in [-0.3, -0.25) is 0 Å². The zero-order valence-electron chi connectivity index (χ0n) is 12.1. The Hall–Kier alpha value is -1.77. The summed E-state index contributed by atoms with van der Waals surface area (Å²) in [5.74, 6) is 0.697. The van der Waals surface area contributed by atoms with Gasteiger partial charge in [-0.25, -0.2) is 0 Å². The Bertz CT molecular complexity index is 593. The summed E-state index contributed by atoms with van der Waals surface area (Å²) in [5, 5.41) is 0.626. The standard InChI is InChI=1S/C18H20ClNO/c1-14(20)12-16-9-10-18(17(19)13-16)21-11-5-8-15-6-3-2-4-7-15/h2-10,13-14H,11-12,20H2,1H3. The molecule has 0 spiro atoms. The molecule has 0 aliphatic heterocycles. The lowest BCUT2D eigenvalue weighted by Crippen LogP contribution is -2.17. The Balaban J connectivity index is 1.90. The fraction of sp³-hybridized carbons (Fsp3) is 0.222. The van der Waals surface area contributed by atoms with Gasteiger partial charge < -0.3 is 10.5 Å². The lowest BCUT2D eigenvalue weighted by atomic mass is 10.1. The largest absolute Gasteiger partial charge is 0.488 e. The predicted molar refractivity (Wildman–Crippen MR) is 89.8 cm³/mol. The Kier molecular flexibility index (Phi) is 5.85. The van der Waals surface area contributed by atoms with Crippen molar-refractivity contribution in [3.8, 4) is 5.75 Å². The van der Waals surface area contributed by atoms with Crippen LogP contribution in [0.1, 0.15) is 18.1 Å². The van der Waals surface area contributed by atoms with E-state index in [0.717, 1.165) is 17.5 Å². The zero-order chi connectivity index (χ0) is 15.1. The lowest BCUT2D eigenvalue weighted by Gasteiger charge is -2.09. The van der Waals surface area contributed by atoms with Crippen molar-refractivity contribution in [2.24, 2.45) is 5.73 Å². The highest BCUT2D eigenvalue weighted by Crippen LogP contribution is 2.26. The minimum atomic E-state index is 0.127. The average Bonchev–Trinajstić information content (AvgIpc) is 2.46. The second-order valence-corrected chi connectivity index (χ2v) is 5.48. The summed E-state index contributed by atoms with van der Waals surface area (Å²) in [6, 6.07) is 16.1. The number of nitrogens with two attached hydrogens (primary N) is 1. The number of ether oxygens (including phenoxy) is 1. The van der Waals surface area contributed by atoms with Crippen molar-refractivity contribution in [3.05, 3.63) is 70.8 Å². The number of hydrogen-bond acceptors (Lipinski definition) is 2. The minimum Gasteiger partial charge on any atom is -0.488 e. The third-order valence-electron chi connectivity index (χ3n) is 3.00. The van der Waals surface area contributed by atoms with Crippen LogP contribution in [0.25, 0.3) is 6.08 Å². The van der Waals surface area contributed by atoms with E-state index in [1.54, 1.807) is 0 Å². The van der Waals surface area contributed by atoms with Crippen LogP contribution in [0.5, 0.6) is 5.75 Å². The number of hydrogen-bond donors (Lipinski definition) is 1. The van der Waals surface area contributed by atoms with Crippen LogP contribution in [-0.4, -0.2) is 12.6 Å². The second kappa shape index (κ2) is 7.87. The van der Waals surface area contributed by atoms with Crippen molar-refractivity contribution in [2.75, 3.05) is 6.61 Å². The van der Waals surface area contributed by atoms with Gasteiger partial charge in [0.05, 0.1) is 5.02 Å². The molecule has 0 radical (unpaired) electrons. The first kappa shape index (κ1) is 15.6. The molecule has 0 saturated heterocycles. The molecular weight excluding hydrogens is 282 g/mol. The second-order valence-electron chi connectivity index (χ2n) is 5.07. The van der Waals surface area contributed by atoms with E-state index in [9.17, 15) is 0 Å². The molecule has 0 aliphatic carbocycles. The molecule has 2 aromatic rings. The molecule has 2 N–H and O–H groups in total.